The van der Waals surface area contributed by atoms with Crippen LogP contribution in [0.4, 0.5) is 0 Å². The fourth-order valence-electron chi connectivity index (χ4n) is 1.96. The normalized spacial score (nSPS) is 18.2. The van der Waals surface area contributed by atoms with Crippen LogP contribution in [-0.4, -0.2) is 14.3 Å². The first-order chi connectivity index (χ1) is 6.33. The Morgan fingerprint density at radius 2 is 2.23 bits per heavy atom. The van der Waals surface area contributed by atoms with Gasteiger partial charge in [-0.25, -0.2) is 4.68 Å². The summed E-state index contributed by atoms with van der Waals surface area (Å²) < 4.78 is 4.92. The van der Waals surface area contributed by atoms with Gasteiger partial charge >= 0.3 is 0 Å². The Balaban J connectivity index is 2.29. The third-order valence-electron chi connectivity index (χ3n) is 2.77. The summed E-state index contributed by atoms with van der Waals surface area (Å²) in [6.07, 6.45) is 6.99. The van der Waals surface area contributed by atoms with Crippen LogP contribution in [0.1, 0.15) is 38.6 Å². The third-order valence-corrected chi connectivity index (χ3v) is 3.19. The number of hydrogen-bond donors (Lipinski definition) is 0. The van der Waals surface area contributed by atoms with Crippen molar-refractivity contribution in [2.75, 3.05) is 0 Å². The highest BCUT2D eigenvalue weighted by Crippen LogP contribution is 2.28. The zero-order chi connectivity index (χ0) is 9.26. The maximum Gasteiger partial charge on any atom is 0.197 e. The molecule has 0 radical (unpaired) electrons. The van der Waals surface area contributed by atoms with Gasteiger partial charge in [0.15, 0.2) is 4.77 Å². The number of rotatable bonds is 2. The van der Waals surface area contributed by atoms with E-state index in [9.17, 15) is 0 Å². The maximum atomic E-state index is 5.32. The van der Waals surface area contributed by atoms with Gasteiger partial charge in [-0.05, 0) is 32.0 Å². The molecule has 72 valence electrons. The fourth-order valence-corrected chi connectivity index (χ4v) is 2.34. The number of aryl methyl sites for hydroxylation is 1. The highest BCUT2D eigenvalue weighted by molar-refractivity contribution is 7.71. The molecular weight excluding hydrogens is 182 g/mol. The highest BCUT2D eigenvalue weighted by Gasteiger charge is 2.18. The van der Waals surface area contributed by atoms with E-state index >= 15 is 0 Å². The van der Waals surface area contributed by atoms with Crippen LogP contribution >= 0.6 is 12.2 Å². The number of aromatic nitrogens is 3. The SMILES string of the molecule is CCn1cnn(C2CCCC2)c1=S. The van der Waals surface area contributed by atoms with Crippen molar-refractivity contribution in [3.05, 3.63) is 11.1 Å². The van der Waals surface area contributed by atoms with Gasteiger partial charge in [-0.15, -0.1) is 0 Å². The smallest absolute Gasteiger partial charge is 0.197 e. The highest BCUT2D eigenvalue weighted by atomic mass is 32.1. The van der Waals surface area contributed by atoms with Crippen LogP contribution in [-0.2, 0) is 6.54 Å². The average Bonchev–Trinajstić information content (AvgIpc) is 2.72. The van der Waals surface area contributed by atoms with Crippen molar-refractivity contribution < 1.29 is 0 Å². The van der Waals surface area contributed by atoms with E-state index in [1.54, 1.807) is 0 Å². The quantitative estimate of drug-likeness (QED) is 0.680. The van der Waals surface area contributed by atoms with Gasteiger partial charge in [0, 0.05) is 6.54 Å². The third kappa shape index (κ3) is 1.55. The van der Waals surface area contributed by atoms with Crippen LogP contribution in [0.3, 0.4) is 0 Å². The molecule has 3 nitrogen and oxygen atoms in total. The van der Waals surface area contributed by atoms with Crippen molar-refractivity contribution >= 4 is 12.2 Å². The molecule has 1 aliphatic rings. The fraction of sp³-hybridized carbons (Fsp3) is 0.778. The second kappa shape index (κ2) is 3.62. The van der Waals surface area contributed by atoms with E-state index in [0.717, 1.165) is 11.3 Å². The minimum atomic E-state index is 0.570. The van der Waals surface area contributed by atoms with Crippen LogP contribution in [0.5, 0.6) is 0 Å². The zero-order valence-electron chi connectivity index (χ0n) is 7.94. The summed E-state index contributed by atoms with van der Waals surface area (Å²) in [6.45, 7) is 3.02. The molecule has 0 bridgehead atoms. The van der Waals surface area contributed by atoms with Crippen LogP contribution in [0.15, 0.2) is 6.33 Å². The Morgan fingerprint density at radius 1 is 1.54 bits per heavy atom. The summed E-state index contributed by atoms with van der Waals surface area (Å²) in [4.78, 5) is 0. The van der Waals surface area contributed by atoms with Crippen molar-refractivity contribution in [1.29, 1.82) is 0 Å². The second-order valence-corrected chi connectivity index (χ2v) is 3.95. The van der Waals surface area contributed by atoms with E-state index in [1.165, 1.54) is 25.7 Å². The van der Waals surface area contributed by atoms with Gasteiger partial charge in [-0.1, -0.05) is 12.8 Å². The van der Waals surface area contributed by atoms with Gasteiger partial charge in [-0.2, -0.15) is 5.10 Å². The molecule has 0 N–H and O–H groups in total. The van der Waals surface area contributed by atoms with Gasteiger partial charge in [0.2, 0.25) is 0 Å². The van der Waals surface area contributed by atoms with Crippen LogP contribution < -0.4 is 0 Å². The monoisotopic (exact) mass is 197 g/mol. The summed E-state index contributed by atoms with van der Waals surface area (Å²) in [5.74, 6) is 0. The summed E-state index contributed by atoms with van der Waals surface area (Å²) in [5, 5.41) is 4.34. The Morgan fingerprint density at radius 3 is 2.77 bits per heavy atom. The molecule has 1 aromatic rings. The number of hydrogen-bond acceptors (Lipinski definition) is 2. The first kappa shape index (κ1) is 8.94. The van der Waals surface area contributed by atoms with Gasteiger partial charge in [0.25, 0.3) is 0 Å². The Hall–Kier alpha value is -0.640. The van der Waals surface area contributed by atoms with Crippen molar-refractivity contribution in [2.45, 2.75) is 45.2 Å². The van der Waals surface area contributed by atoms with Gasteiger partial charge < -0.3 is 4.57 Å². The van der Waals surface area contributed by atoms with E-state index < -0.39 is 0 Å². The second-order valence-electron chi connectivity index (χ2n) is 3.58. The lowest BCUT2D eigenvalue weighted by atomic mass is 10.3. The van der Waals surface area contributed by atoms with E-state index in [-0.39, 0.29) is 0 Å². The molecule has 2 rings (SSSR count). The topological polar surface area (TPSA) is 22.8 Å². The molecular formula is C9H15N3S. The van der Waals surface area contributed by atoms with Crippen molar-refractivity contribution in [3.8, 4) is 0 Å². The molecule has 1 aromatic heterocycles. The molecule has 1 heterocycles. The molecule has 0 aromatic carbocycles. The molecule has 13 heavy (non-hydrogen) atoms. The largest absolute Gasteiger partial charge is 0.307 e. The van der Waals surface area contributed by atoms with Crippen LogP contribution in [0.25, 0.3) is 0 Å². The van der Waals surface area contributed by atoms with Crippen molar-refractivity contribution in [1.82, 2.24) is 14.3 Å². The van der Waals surface area contributed by atoms with E-state index in [4.69, 9.17) is 12.2 Å². The minimum absolute atomic E-state index is 0.570. The van der Waals surface area contributed by atoms with Gasteiger partial charge in [0.1, 0.15) is 6.33 Å². The summed E-state index contributed by atoms with van der Waals surface area (Å²) in [6, 6.07) is 0.570. The molecule has 1 aliphatic carbocycles. The van der Waals surface area contributed by atoms with Crippen LogP contribution in [0, 0.1) is 4.77 Å². The van der Waals surface area contributed by atoms with Crippen LogP contribution in [0.2, 0.25) is 0 Å². The lowest BCUT2D eigenvalue weighted by Crippen LogP contribution is -2.07. The molecule has 0 amide bonds. The predicted octanol–water partition coefficient (Wildman–Crippen LogP) is 2.55. The summed E-state index contributed by atoms with van der Waals surface area (Å²) >= 11 is 5.32. The zero-order valence-corrected chi connectivity index (χ0v) is 8.76. The number of nitrogens with zero attached hydrogens (tertiary/aromatic N) is 3. The average molecular weight is 197 g/mol. The maximum absolute atomic E-state index is 5.32. The molecule has 0 atom stereocenters. The predicted molar refractivity (Wildman–Crippen MR) is 54.2 cm³/mol. The van der Waals surface area contributed by atoms with Gasteiger partial charge in [-0.3, -0.25) is 0 Å². The van der Waals surface area contributed by atoms with Crippen molar-refractivity contribution in [3.63, 3.8) is 0 Å². The van der Waals surface area contributed by atoms with E-state index in [0.29, 0.717) is 6.04 Å². The lowest BCUT2D eigenvalue weighted by molar-refractivity contribution is 0.456. The lowest BCUT2D eigenvalue weighted by Gasteiger charge is -2.08. The molecule has 0 unspecified atom stereocenters. The Labute approximate surface area is 83.4 Å². The molecule has 4 heteroatoms. The first-order valence-corrected chi connectivity index (χ1v) is 5.37. The Kier molecular flexibility index (Phi) is 2.49. The molecule has 1 fully saturated rings. The first-order valence-electron chi connectivity index (χ1n) is 4.97. The standard InChI is InChI=1S/C9H15N3S/c1-2-11-7-10-12(9(11)13)8-5-3-4-6-8/h7-8H,2-6H2,1H3. The Bertz CT molecular complexity index is 333. The molecule has 0 saturated heterocycles. The molecule has 0 spiro atoms. The van der Waals surface area contributed by atoms with Crippen molar-refractivity contribution in [2.24, 2.45) is 0 Å². The molecule has 0 aliphatic heterocycles. The molecule has 1 saturated carbocycles. The van der Waals surface area contributed by atoms with Gasteiger partial charge in [0.05, 0.1) is 6.04 Å². The van der Waals surface area contributed by atoms with E-state index in [1.807, 2.05) is 15.6 Å². The summed E-state index contributed by atoms with van der Waals surface area (Å²) in [7, 11) is 0. The minimum Gasteiger partial charge on any atom is -0.307 e. The summed E-state index contributed by atoms with van der Waals surface area (Å²) in [5.41, 5.74) is 0. The van der Waals surface area contributed by atoms with E-state index in [2.05, 4.69) is 12.0 Å².